The van der Waals surface area contributed by atoms with Crippen molar-refractivity contribution < 1.29 is 14.3 Å². The number of hydrogen-bond acceptors (Lipinski definition) is 4. The molecule has 24 heavy (non-hydrogen) atoms. The Morgan fingerprint density at radius 1 is 0.750 bits per heavy atom. The third-order valence-corrected chi connectivity index (χ3v) is 3.56. The first-order valence-corrected chi connectivity index (χ1v) is 7.50. The molecule has 2 aromatic carbocycles. The SMILES string of the molecule is O=C(COC(=O)c1ccncc1)c1ccc(-c2ccccc2)cc1. The van der Waals surface area contributed by atoms with Gasteiger partial charge < -0.3 is 4.74 Å². The zero-order valence-corrected chi connectivity index (χ0v) is 12.9. The van der Waals surface area contributed by atoms with Gasteiger partial charge in [0.25, 0.3) is 0 Å². The van der Waals surface area contributed by atoms with Crippen molar-refractivity contribution in [1.82, 2.24) is 4.98 Å². The second-order valence-electron chi connectivity index (χ2n) is 5.18. The fourth-order valence-electron chi connectivity index (χ4n) is 2.26. The van der Waals surface area contributed by atoms with Crippen LogP contribution in [0.15, 0.2) is 79.1 Å². The quantitative estimate of drug-likeness (QED) is 0.531. The zero-order valence-electron chi connectivity index (χ0n) is 12.9. The van der Waals surface area contributed by atoms with Crippen molar-refractivity contribution >= 4 is 11.8 Å². The van der Waals surface area contributed by atoms with Crippen molar-refractivity contribution in [2.24, 2.45) is 0 Å². The average molecular weight is 317 g/mol. The van der Waals surface area contributed by atoms with Crippen LogP contribution < -0.4 is 0 Å². The van der Waals surface area contributed by atoms with Gasteiger partial charge in [0.05, 0.1) is 5.56 Å². The Balaban J connectivity index is 1.62. The van der Waals surface area contributed by atoms with Crippen LogP contribution in [-0.2, 0) is 4.74 Å². The Morgan fingerprint density at radius 2 is 1.38 bits per heavy atom. The maximum absolute atomic E-state index is 12.1. The van der Waals surface area contributed by atoms with Crippen LogP contribution >= 0.6 is 0 Å². The minimum Gasteiger partial charge on any atom is -0.454 e. The smallest absolute Gasteiger partial charge is 0.338 e. The molecule has 4 nitrogen and oxygen atoms in total. The van der Waals surface area contributed by atoms with Crippen molar-refractivity contribution in [2.45, 2.75) is 0 Å². The molecule has 0 aliphatic rings. The van der Waals surface area contributed by atoms with Gasteiger partial charge in [0, 0.05) is 18.0 Å². The van der Waals surface area contributed by atoms with E-state index in [1.165, 1.54) is 12.4 Å². The van der Waals surface area contributed by atoms with Crippen LogP contribution in [0.25, 0.3) is 11.1 Å². The normalized spacial score (nSPS) is 10.2. The Morgan fingerprint density at radius 3 is 2.04 bits per heavy atom. The van der Waals surface area contributed by atoms with Gasteiger partial charge in [-0.15, -0.1) is 0 Å². The molecule has 3 aromatic rings. The summed E-state index contributed by atoms with van der Waals surface area (Å²) in [7, 11) is 0. The van der Waals surface area contributed by atoms with E-state index >= 15 is 0 Å². The first-order valence-electron chi connectivity index (χ1n) is 7.50. The highest BCUT2D eigenvalue weighted by atomic mass is 16.5. The van der Waals surface area contributed by atoms with E-state index in [4.69, 9.17) is 4.74 Å². The Labute approximate surface area is 139 Å². The van der Waals surface area contributed by atoms with Gasteiger partial charge in [0.2, 0.25) is 0 Å². The minimum atomic E-state index is -0.536. The molecule has 0 N–H and O–H groups in total. The molecule has 0 aliphatic heterocycles. The van der Waals surface area contributed by atoms with Gasteiger partial charge in [-0.3, -0.25) is 9.78 Å². The van der Waals surface area contributed by atoms with E-state index in [9.17, 15) is 9.59 Å². The first-order chi connectivity index (χ1) is 11.7. The molecular formula is C20H15NO3. The molecule has 4 heteroatoms. The molecule has 118 valence electrons. The molecule has 0 bridgehead atoms. The molecule has 0 radical (unpaired) electrons. The number of pyridine rings is 1. The number of nitrogens with zero attached hydrogens (tertiary/aromatic N) is 1. The van der Waals surface area contributed by atoms with Gasteiger partial charge in [-0.1, -0.05) is 54.6 Å². The Bertz CT molecular complexity index is 828. The van der Waals surface area contributed by atoms with Crippen molar-refractivity contribution in [3.05, 3.63) is 90.3 Å². The van der Waals surface area contributed by atoms with Crippen LogP contribution in [0.4, 0.5) is 0 Å². The van der Waals surface area contributed by atoms with Crippen molar-refractivity contribution in [3.8, 4) is 11.1 Å². The fourth-order valence-corrected chi connectivity index (χ4v) is 2.26. The lowest BCUT2D eigenvalue weighted by molar-refractivity contribution is 0.0474. The van der Waals surface area contributed by atoms with Crippen LogP contribution in [0.1, 0.15) is 20.7 Å². The van der Waals surface area contributed by atoms with E-state index in [2.05, 4.69) is 4.98 Å². The number of esters is 1. The third kappa shape index (κ3) is 3.73. The Hall–Kier alpha value is -3.27. The maximum Gasteiger partial charge on any atom is 0.338 e. The van der Waals surface area contributed by atoms with E-state index in [1.807, 2.05) is 42.5 Å². The topological polar surface area (TPSA) is 56.3 Å². The molecule has 0 saturated heterocycles. The average Bonchev–Trinajstić information content (AvgIpc) is 2.67. The number of carbonyl (C=O) groups is 2. The summed E-state index contributed by atoms with van der Waals surface area (Å²) in [4.78, 5) is 27.8. The summed E-state index contributed by atoms with van der Waals surface area (Å²) in [5.41, 5.74) is 3.00. The van der Waals surface area contributed by atoms with Crippen LogP contribution in [0.2, 0.25) is 0 Å². The molecule has 0 fully saturated rings. The molecule has 0 saturated carbocycles. The number of rotatable bonds is 5. The van der Waals surface area contributed by atoms with Crippen LogP contribution in [0, 0.1) is 0 Å². The first kappa shape index (κ1) is 15.6. The lowest BCUT2D eigenvalue weighted by atomic mass is 10.0. The monoisotopic (exact) mass is 317 g/mol. The van der Waals surface area contributed by atoms with E-state index in [0.29, 0.717) is 11.1 Å². The minimum absolute atomic E-state index is 0.239. The van der Waals surface area contributed by atoms with E-state index in [1.54, 1.807) is 24.3 Å². The molecule has 1 heterocycles. The standard InChI is InChI=1S/C20H15NO3/c22-19(14-24-20(23)18-10-12-21-13-11-18)17-8-6-16(7-9-17)15-4-2-1-3-5-15/h1-13H,14H2. The van der Waals surface area contributed by atoms with Crippen molar-refractivity contribution in [3.63, 3.8) is 0 Å². The number of Topliss-reactive ketones (excluding diaryl/α,β-unsaturated/α-hetero) is 1. The Kier molecular flexibility index (Phi) is 4.77. The molecule has 0 atom stereocenters. The van der Waals surface area contributed by atoms with E-state index in [-0.39, 0.29) is 12.4 Å². The second-order valence-corrected chi connectivity index (χ2v) is 5.18. The van der Waals surface area contributed by atoms with Crippen LogP contribution in [-0.4, -0.2) is 23.3 Å². The molecule has 0 aliphatic carbocycles. The van der Waals surface area contributed by atoms with Gasteiger partial charge in [-0.05, 0) is 23.3 Å². The zero-order chi connectivity index (χ0) is 16.8. The fraction of sp³-hybridized carbons (Fsp3) is 0.0500. The molecule has 0 unspecified atom stereocenters. The predicted molar refractivity (Wildman–Crippen MR) is 90.7 cm³/mol. The summed E-state index contributed by atoms with van der Waals surface area (Å²) in [5, 5.41) is 0. The lowest BCUT2D eigenvalue weighted by Gasteiger charge is -2.06. The van der Waals surface area contributed by atoms with Crippen molar-refractivity contribution in [1.29, 1.82) is 0 Å². The number of benzene rings is 2. The highest BCUT2D eigenvalue weighted by Crippen LogP contribution is 2.19. The summed E-state index contributed by atoms with van der Waals surface area (Å²) in [5.74, 6) is -0.774. The largest absolute Gasteiger partial charge is 0.454 e. The summed E-state index contributed by atoms with van der Waals surface area (Å²) in [6.45, 7) is -0.286. The summed E-state index contributed by atoms with van der Waals surface area (Å²) >= 11 is 0. The molecular weight excluding hydrogens is 302 g/mol. The van der Waals surface area contributed by atoms with E-state index in [0.717, 1.165) is 11.1 Å². The molecule has 0 amide bonds. The van der Waals surface area contributed by atoms with Gasteiger partial charge in [-0.25, -0.2) is 4.79 Å². The third-order valence-electron chi connectivity index (χ3n) is 3.56. The van der Waals surface area contributed by atoms with Gasteiger partial charge in [-0.2, -0.15) is 0 Å². The number of carbonyl (C=O) groups excluding carboxylic acids is 2. The summed E-state index contributed by atoms with van der Waals surface area (Å²) < 4.78 is 5.04. The molecule has 3 rings (SSSR count). The summed E-state index contributed by atoms with van der Waals surface area (Å²) in [6, 6.07) is 20.2. The highest BCUT2D eigenvalue weighted by Gasteiger charge is 2.11. The number of ether oxygens (including phenoxy) is 1. The number of ketones is 1. The summed E-state index contributed by atoms with van der Waals surface area (Å²) in [6.07, 6.45) is 3.00. The molecule has 1 aromatic heterocycles. The number of hydrogen-bond donors (Lipinski definition) is 0. The maximum atomic E-state index is 12.1. The predicted octanol–water partition coefficient (Wildman–Crippen LogP) is 3.79. The van der Waals surface area contributed by atoms with Gasteiger partial charge >= 0.3 is 5.97 Å². The molecule has 0 spiro atoms. The lowest BCUT2D eigenvalue weighted by Crippen LogP contribution is -2.14. The number of aromatic nitrogens is 1. The highest BCUT2D eigenvalue weighted by molar-refractivity contribution is 5.99. The van der Waals surface area contributed by atoms with Gasteiger partial charge in [0.15, 0.2) is 12.4 Å². The van der Waals surface area contributed by atoms with Gasteiger partial charge in [0.1, 0.15) is 0 Å². The van der Waals surface area contributed by atoms with E-state index < -0.39 is 5.97 Å². The van der Waals surface area contributed by atoms with Crippen LogP contribution in [0.5, 0.6) is 0 Å². The second kappa shape index (κ2) is 7.33. The van der Waals surface area contributed by atoms with Crippen LogP contribution in [0.3, 0.4) is 0 Å². The van der Waals surface area contributed by atoms with Crippen molar-refractivity contribution in [2.75, 3.05) is 6.61 Å².